The molecule has 4 atom stereocenters. The van der Waals surface area contributed by atoms with Gasteiger partial charge in [0.1, 0.15) is 24.1 Å². The van der Waals surface area contributed by atoms with Crippen molar-refractivity contribution in [2.75, 3.05) is 31.1 Å². The van der Waals surface area contributed by atoms with Crippen molar-refractivity contribution in [2.24, 2.45) is 11.8 Å². The average molecular weight is 371 g/mol. The Morgan fingerprint density at radius 2 is 2.00 bits per heavy atom. The summed E-state index contributed by atoms with van der Waals surface area (Å²) in [5.41, 5.74) is 0.797. The molecule has 6 nitrogen and oxygen atoms in total. The zero-order chi connectivity index (χ0) is 19.1. The molecule has 2 heterocycles. The third-order valence-electron chi connectivity index (χ3n) is 5.84. The summed E-state index contributed by atoms with van der Waals surface area (Å²) >= 11 is 0. The summed E-state index contributed by atoms with van der Waals surface area (Å²) in [6.45, 7) is 1.63. The second kappa shape index (κ2) is 6.79. The van der Waals surface area contributed by atoms with Crippen molar-refractivity contribution < 1.29 is 13.6 Å². The molecule has 0 bridgehead atoms. The Labute approximate surface area is 156 Å². The van der Waals surface area contributed by atoms with E-state index in [1.165, 1.54) is 17.0 Å². The molecule has 8 heteroatoms. The van der Waals surface area contributed by atoms with Crippen LogP contribution < -0.4 is 10.2 Å². The number of nitriles is 2. The van der Waals surface area contributed by atoms with Gasteiger partial charge in [0.25, 0.3) is 0 Å². The summed E-state index contributed by atoms with van der Waals surface area (Å²) in [5, 5.41) is 21.1. The van der Waals surface area contributed by atoms with Gasteiger partial charge in [0.15, 0.2) is 0 Å². The van der Waals surface area contributed by atoms with Crippen molar-refractivity contribution in [1.29, 1.82) is 10.5 Å². The summed E-state index contributed by atoms with van der Waals surface area (Å²) in [7, 11) is 0. The largest absolute Gasteiger partial charge is 0.371 e. The van der Waals surface area contributed by atoms with Crippen LogP contribution >= 0.6 is 0 Å². The van der Waals surface area contributed by atoms with Gasteiger partial charge >= 0.3 is 0 Å². The number of likely N-dealkylation sites (tertiary alicyclic amines) is 1. The molecule has 1 aliphatic carbocycles. The van der Waals surface area contributed by atoms with Crippen molar-refractivity contribution in [3.63, 3.8) is 0 Å². The molecule has 2 unspecified atom stereocenters. The zero-order valence-electron chi connectivity index (χ0n) is 14.6. The van der Waals surface area contributed by atoms with Crippen LogP contribution in [0, 0.1) is 40.3 Å². The van der Waals surface area contributed by atoms with Crippen molar-refractivity contribution >= 4 is 11.6 Å². The van der Waals surface area contributed by atoms with Gasteiger partial charge < -0.3 is 15.1 Å². The lowest BCUT2D eigenvalue weighted by Gasteiger charge is -2.23. The molecular weight excluding hydrogens is 352 g/mol. The molecule has 1 aromatic rings. The molecule has 2 aliphatic heterocycles. The molecule has 4 rings (SSSR count). The van der Waals surface area contributed by atoms with Gasteiger partial charge in [-0.25, -0.2) is 8.78 Å². The van der Waals surface area contributed by atoms with Crippen LogP contribution in [-0.4, -0.2) is 55.2 Å². The third-order valence-corrected chi connectivity index (χ3v) is 5.84. The van der Waals surface area contributed by atoms with Gasteiger partial charge in [-0.3, -0.25) is 4.79 Å². The van der Waals surface area contributed by atoms with Crippen LogP contribution in [0.15, 0.2) is 18.2 Å². The van der Waals surface area contributed by atoms with Crippen molar-refractivity contribution in [3.8, 4) is 12.1 Å². The average Bonchev–Trinajstić information content (AvgIpc) is 3.00. The van der Waals surface area contributed by atoms with Gasteiger partial charge in [-0.1, -0.05) is 0 Å². The van der Waals surface area contributed by atoms with E-state index >= 15 is 0 Å². The minimum atomic E-state index is -1.12. The van der Waals surface area contributed by atoms with Crippen LogP contribution in [0.3, 0.4) is 0 Å². The molecule has 3 fully saturated rings. The van der Waals surface area contributed by atoms with E-state index < -0.39 is 18.0 Å². The summed E-state index contributed by atoms with van der Waals surface area (Å²) in [5.74, 6) is 0.0175. The number of carbonyl (C=O) groups excluding carboxylic acids is 1. The number of benzene rings is 1. The van der Waals surface area contributed by atoms with E-state index in [0.29, 0.717) is 11.8 Å². The van der Waals surface area contributed by atoms with Crippen LogP contribution in [0.1, 0.15) is 12.0 Å². The fourth-order valence-electron chi connectivity index (χ4n) is 4.32. The van der Waals surface area contributed by atoms with Crippen molar-refractivity contribution in [1.82, 2.24) is 10.2 Å². The molecule has 1 amide bonds. The maximum atomic E-state index is 13.8. The highest BCUT2D eigenvalue weighted by atomic mass is 19.1. The molecule has 27 heavy (non-hydrogen) atoms. The van der Waals surface area contributed by atoms with E-state index in [9.17, 15) is 13.6 Å². The van der Waals surface area contributed by atoms with Crippen LogP contribution in [0.25, 0.3) is 0 Å². The molecule has 0 spiro atoms. The Kier molecular flexibility index (Phi) is 4.45. The van der Waals surface area contributed by atoms with Gasteiger partial charge in [0.2, 0.25) is 5.91 Å². The highest BCUT2D eigenvalue weighted by molar-refractivity contribution is 5.79. The Hall–Kier alpha value is -2.71. The molecule has 2 saturated heterocycles. The van der Waals surface area contributed by atoms with E-state index in [-0.39, 0.29) is 37.0 Å². The predicted molar refractivity (Wildman–Crippen MR) is 92.7 cm³/mol. The number of fused-ring (bicyclic) bond motifs is 1. The Morgan fingerprint density at radius 3 is 2.63 bits per heavy atom. The second-order valence-corrected chi connectivity index (χ2v) is 7.44. The number of alkyl halides is 1. The van der Waals surface area contributed by atoms with Crippen LogP contribution in [-0.2, 0) is 4.79 Å². The van der Waals surface area contributed by atoms with Crippen molar-refractivity contribution in [3.05, 3.63) is 29.6 Å². The normalized spacial score (nSPS) is 31.3. The predicted octanol–water partition coefficient (Wildman–Crippen LogP) is 1.18. The SMILES string of the molecule is N#Cc1ccc(N2CC3C(C2)C3NCC(=O)N2C[C@@H](F)C[C@H]2C#N)cc1F. The highest BCUT2D eigenvalue weighted by Crippen LogP contribution is 2.46. The fourth-order valence-corrected chi connectivity index (χ4v) is 4.32. The number of carbonyl (C=O) groups is 1. The highest BCUT2D eigenvalue weighted by Gasteiger charge is 2.55. The number of halogens is 2. The Bertz CT molecular complexity index is 835. The summed E-state index contributed by atoms with van der Waals surface area (Å²) < 4.78 is 27.2. The van der Waals surface area contributed by atoms with Crippen molar-refractivity contribution in [2.45, 2.75) is 24.7 Å². The summed E-state index contributed by atoms with van der Waals surface area (Å²) in [6.07, 6.45) is -1.03. The van der Waals surface area contributed by atoms with E-state index in [2.05, 4.69) is 10.2 Å². The molecule has 0 aromatic heterocycles. The zero-order valence-corrected chi connectivity index (χ0v) is 14.6. The maximum Gasteiger partial charge on any atom is 0.237 e. The number of hydrogen-bond donors (Lipinski definition) is 1. The molecule has 0 radical (unpaired) electrons. The van der Waals surface area contributed by atoms with Gasteiger partial charge in [-0.05, 0) is 30.0 Å². The fraction of sp³-hybridized carbons (Fsp3) is 0.526. The number of anilines is 1. The number of nitrogens with zero attached hydrogens (tertiary/aromatic N) is 4. The molecule has 1 saturated carbocycles. The first-order valence-corrected chi connectivity index (χ1v) is 9.03. The lowest BCUT2D eigenvalue weighted by atomic mass is 10.2. The van der Waals surface area contributed by atoms with Gasteiger partial charge in [0.05, 0.1) is 24.7 Å². The number of nitrogens with one attached hydrogen (secondary N) is 1. The third kappa shape index (κ3) is 3.22. The summed E-state index contributed by atoms with van der Waals surface area (Å²) in [6, 6.07) is 7.98. The maximum absolute atomic E-state index is 13.8. The lowest BCUT2D eigenvalue weighted by molar-refractivity contribution is -0.130. The van der Waals surface area contributed by atoms with Crippen LogP contribution in [0.2, 0.25) is 0 Å². The topological polar surface area (TPSA) is 83.2 Å². The molecular formula is C19H19F2N5O. The van der Waals surface area contributed by atoms with E-state index in [0.717, 1.165) is 18.8 Å². The first kappa shape index (κ1) is 17.7. The standard InChI is InChI=1S/C19H19F2N5O/c20-12-3-14(6-23)26(8-12)18(27)7-24-19-15-9-25(10-16(15)19)13-2-1-11(5-22)17(21)4-13/h1-2,4,12,14-16,19,24H,3,7-10H2/t12-,14-,15?,16?,19?/m0/s1. The first-order chi connectivity index (χ1) is 13.0. The smallest absolute Gasteiger partial charge is 0.237 e. The Balaban J connectivity index is 1.27. The monoisotopic (exact) mass is 371 g/mol. The first-order valence-electron chi connectivity index (χ1n) is 9.03. The number of piperidine rings is 1. The minimum Gasteiger partial charge on any atom is -0.371 e. The van der Waals surface area contributed by atoms with Crippen LogP contribution in [0.5, 0.6) is 0 Å². The number of hydrogen-bond acceptors (Lipinski definition) is 5. The van der Waals surface area contributed by atoms with E-state index in [1.807, 2.05) is 12.1 Å². The summed E-state index contributed by atoms with van der Waals surface area (Å²) in [4.78, 5) is 15.7. The van der Waals surface area contributed by atoms with Crippen LogP contribution in [0.4, 0.5) is 14.5 Å². The number of rotatable bonds is 4. The van der Waals surface area contributed by atoms with Gasteiger partial charge in [-0.2, -0.15) is 10.5 Å². The molecule has 1 aromatic carbocycles. The minimum absolute atomic E-state index is 0.00566. The second-order valence-electron chi connectivity index (χ2n) is 7.44. The molecule has 1 N–H and O–H groups in total. The lowest BCUT2D eigenvalue weighted by Crippen LogP contribution is -2.42. The van der Waals surface area contributed by atoms with Gasteiger partial charge in [0, 0.05) is 31.2 Å². The molecule has 3 aliphatic rings. The Morgan fingerprint density at radius 1 is 1.26 bits per heavy atom. The quantitative estimate of drug-likeness (QED) is 0.860. The number of amides is 1. The van der Waals surface area contributed by atoms with E-state index in [4.69, 9.17) is 10.5 Å². The van der Waals surface area contributed by atoms with E-state index in [1.54, 1.807) is 6.07 Å². The van der Waals surface area contributed by atoms with Gasteiger partial charge in [-0.15, -0.1) is 0 Å². The molecule has 140 valence electrons.